The van der Waals surface area contributed by atoms with E-state index in [-0.39, 0.29) is 18.5 Å². The van der Waals surface area contributed by atoms with Crippen LogP contribution in [0.5, 0.6) is 0 Å². The summed E-state index contributed by atoms with van der Waals surface area (Å²) >= 11 is 0. The normalized spacial score (nSPS) is 14.6. The van der Waals surface area contributed by atoms with Crippen LogP contribution in [0, 0.1) is 0 Å². The molecule has 0 aromatic heterocycles. The summed E-state index contributed by atoms with van der Waals surface area (Å²) in [4.78, 5) is 36.6. The monoisotopic (exact) mass is 473 g/mol. The molecule has 0 spiro atoms. The highest BCUT2D eigenvalue weighted by atomic mass is 19.4. The zero-order chi connectivity index (χ0) is 25.0. The van der Waals surface area contributed by atoms with Gasteiger partial charge >= 0.3 is 18.1 Å². The number of piperazine rings is 1. The standard InChI is InChI=1S/C20H29N3O3.C2HF3O2/c1-16(8-13-26-17(2)24)20(25)21-14-18-6-4-5-7-19(18)15-23-11-9-22(3)10-12-23;3-2(4,5)1(6)7/h4-7H,1,8-15H2,2-3H3,(H,21,25);(H,6,7). The Balaban J connectivity index is 0.000000675. The molecule has 2 N–H and O–H groups in total. The molecule has 1 aromatic carbocycles. The molecule has 0 atom stereocenters. The fourth-order valence-corrected chi connectivity index (χ4v) is 2.86. The fourth-order valence-electron chi connectivity index (χ4n) is 2.86. The second-order valence-corrected chi connectivity index (χ2v) is 7.53. The largest absolute Gasteiger partial charge is 0.490 e. The van der Waals surface area contributed by atoms with Gasteiger partial charge in [-0.2, -0.15) is 13.2 Å². The molecule has 0 saturated carbocycles. The highest BCUT2D eigenvalue weighted by Crippen LogP contribution is 2.14. The number of alkyl halides is 3. The molecule has 1 fully saturated rings. The number of carbonyl (C=O) groups excluding carboxylic acids is 2. The summed E-state index contributed by atoms with van der Waals surface area (Å²) in [6.07, 6.45) is -4.74. The van der Waals surface area contributed by atoms with E-state index in [1.807, 2.05) is 18.2 Å². The van der Waals surface area contributed by atoms with E-state index >= 15 is 0 Å². The number of nitrogens with one attached hydrogen (secondary N) is 1. The number of rotatable bonds is 8. The van der Waals surface area contributed by atoms with Crippen LogP contribution in [0.15, 0.2) is 36.4 Å². The summed E-state index contributed by atoms with van der Waals surface area (Å²) in [6.45, 7) is 11.0. The number of hydrogen-bond acceptors (Lipinski definition) is 6. The number of aliphatic carboxylic acids is 1. The number of benzene rings is 1. The van der Waals surface area contributed by atoms with E-state index in [2.05, 4.69) is 34.8 Å². The number of nitrogens with zero attached hydrogens (tertiary/aromatic N) is 2. The predicted octanol–water partition coefficient (Wildman–Crippen LogP) is 2.19. The molecule has 8 nitrogen and oxygen atoms in total. The smallest absolute Gasteiger partial charge is 0.475 e. The second-order valence-electron chi connectivity index (χ2n) is 7.53. The number of carbonyl (C=O) groups is 3. The third-order valence-corrected chi connectivity index (χ3v) is 4.82. The molecule has 1 saturated heterocycles. The van der Waals surface area contributed by atoms with Crippen molar-refractivity contribution in [3.05, 3.63) is 47.5 Å². The van der Waals surface area contributed by atoms with Crippen LogP contribution in [0.1, 0.15) is 24.5 Å². The molecular weight excluding hydrogens is 443 g/mol. The number of hydrogen-bond donors (Lipinski definition) is 2. The van der Waals surface area contributed by atoms with Gasteiger partial charge in [-0.25, -0.2) is 4.79 Å². The number of ether oxygens (including phenoxy) is 1. The van der Waals surface area contributed by atoms with E-state index in [0.717, 1.165) is 38.3 Å². The summed E-state index contributed by atoms with van der Waals surface area (Å²) < 4.78 is 36.6. The summed E-state index contributed by atoms with van der Waals surface area (Å²) in [5.74, 6) is -3.31. The van der Waals surface area contributed by atoms with E-state index in [1.54, 1.807) is 0 Å². The Hall–Kier alpha value is -2.92. The SMILES string of the molecule is C=C(CCOC(C)=O)C(=O)NCc1ccccc1CN1CCN(C)CC1.O=C(O)C(F)(F)F. The summed E-state index contributed by atoms with van der Waals surface area (Å²) in [7, 11) is 2.15. The van der Waals surface area contributed by atoms with E-state index in [9.17, 15) is 22.8 Å². The van der Waals surface area contributed by atoms with E-state index in [1.165, 1.54) is 12.5 Å². The molecule has 1 aliphatic rings. The fraction of sp³-hybridized carbons (Fsp3) is 0.500. The van der Waals surface area contributed by atoms with E-state index in [0.29, 0.717) is 18.5 Å². The van der Waals surface area contributed by atoms with Gasteiger partial charge in [-0.05, 0) is 18.2 Å². The number of halogens is 3. The van der Waals surface area contributed by atoms with Crippen LogP contribution >= 0.6 is 0 Å². The maximum atomic E-state index is 12.2. The first-order valence-corrected chi connectivity index (χ1v) is 10.3. The lowest BCUT2D eigenvalue weighted by atomic mass is 10.1. The molecule has 1 aliphatic heterocycles. The maximum Gasteiger partial charge on any atom is 0.490 e. The van der Waals surface area contributed by atoms with Crippen molar-refractivity contribution in [3.63, 3.8) is 0 Å². The van der Waals surface area contributed by atoms with Gasteiger partial charge in [-0.15, -0.1) is 0 Å². The molecule has 1 aromatic rings. The van der Waals surface area contributed by atoms with Crippen LogP contribution in [0.2, 0.25) is 0 Å². The average Bonchev–Trinajstić information content (AvgIpc) is 2.74. The quantitative estimate of drug-likeness (QED) is 0.441. The number of carboxylic acids is 1. The maximum absolute atomic E-state index is 12.2. The third kappa shape index (κ3) is 11.5. The second kappa shape index (κ2) is 13.6. The van der Waals surface area contributed by atoms with Crippen molar-refractivity contribution >= 4 is 17.8 Å². The van der Waals surface area contributed by atoms with Gasteiger partial charge in [0.25, 0.3) is 0 Å². The molecule has 2 rings (SSSR count). The lowest BCUT2D eigenvalue weighted by molar-refractivity contribution is -0.192. The van der Waals surface area contributed by atoms with E-state index < -0.39 is 12.1 Å². The Bertz CT molecular complexity index is 822. The van der Waals surface area contributed by atoms with Crippen LogP contribution < -0.4 is 5.32 Å². The Morgan fingerprint density at radius 3 is 2.18 bits per heavy atom. The molecule has 33 heavy (non-hydrogen) atoms. The minimum Gasteiger partial charge on any atom is -0.475 e. The minimum absolute atomic E-state index is 0.182. The van der Waals surface area contributed by atoms with Crippen LogP contribution in [-0.2, 0) is 32.2 Å². The van der Waals surface area contributed by atoms with Crippen LogP contribution in [0.4, 0.5) is 13.2 Å². The van der Waals surface area contributed by atoms with Crippen molar-refractivity contribution in [2.45, 2.75) is 32.6 Å². The molecule has 1 amide bonds. The van der Waals surface area contributed by atoms with Crippen LogP contribution in [0.3, 0.4) is 0 Å². The molecule has 0 bridgehead atoms. The van der Waals surface area contributed by atoms with Gasteiger partial charge in [0.1, 0.15) is 0 Å². The highest BCUT2D eigenvalue weighted by molar-refractivity contribution is 5.92. The zero-order valence-corrected chi connectivity index (χ0v) is 18.8. The van der Waals surface area contributed by atoms with Crippen molar-refractivity contribution in [2.24, 2.45) is 0 Å². The number of carboxylic acid groups (broad SMARTS) is 1. The van der Waals surface area contributed by atoms with E-state index in [4.69, 9.17) is 14.6 Å². The van der Waals surface area contributed by atoms with Crippen molar-refractivity contribution in [1.29, 1.82) is 0 Å². The first-order chi connectivity index (χ1) is 15.4. The van der Waals surface area contributed by atoms with Gasteiger partial charge in [0.2, 0.25) is 5.91 Å². The number of likely N-dealkylation sites (N-methyl/N-ethyl adjacent to an activating group) is 1. The lowest BCUT2D eigenvalue weighted by Gasteiger charge is -2.32. The highest BCUT2D eigenvalue weighted by Gasteiger charge is 2.38. The zero-order valence-electron chi connectivity index (χ0n) is 18.8. The number of amides is 1. The minimum atomic E-state index is -5.08. The Morgan fingerprint density at radius 2 is 1.67 bits per heavy atom. The van der Waals surface area contributed by atoms with Gasteiger partial charge in [0, 0.05) is 58.2 Å². The average molecular weight is 473 g/mol. The molecule has 184 valence electrons. The van der Waals surface area contributed by atoms with Gasteiger partial charge in [-0.3, -0.25) is 14.5 Å². The third-order valence-electron chi connectivity index (χ3n) is 4.82. The topological polar surface area (TPSA) is 99.2 Å². The van der Waals surface area contributed by atoms with Crippen LogP contribution in [-0.4, -0.2) is 78.8 Å². The molecule has 0 unspecified atom stereocenters. The number of esters is 1. The Kier molecular flexibility index (Phi) is 11.6. The first kappa shape index (κ1) is 28.1. The Labute approximate surface area is 191 Å². The van der Waals surface area contributed by atoms with Gasteiger partial charge in [0.15, 0.2) is 0 Å². The van der Waals surface area contributed by atoms with Crippen molar-refractivity contribution in [1.82, 2.24) is 15.1 Å². The van der Waals surface area contributed by atoms with Gasteiger partial charge < -0.3 is 20.1 Å². The van der Waals surface area contributed by atoms with Crippen molar-refractivity contribution < 1.29 is 37.4 Å². The first-order valence-electron chi connectivity index (χ1n) is 10.3. The predicted molar refractivity (Wildman–Crippen MR) is 115 cm³/mol. The summed E-state index contributed by atoms with van der Waals surface area (Å²) in [6, 6.07) is 8.20. The molecule has 1 heterocycles. The van der Waals surface area contributed by atoms with Gasteiger partial charge in [-0.1, -0.05) is 30.8 Å². The molecule has 11 heteroatoms. The summed E-state index contributed by atoms with van der Waals surface area (Å²) in [5.41, 5.74) is 2.78. The Morgan fingerprint density at radius 1 is 1.12 bits per heavy atom. The van der Waals surface area contributed by atoms with Crippen molar-refractivity contribution in [3.8, 4) is 0 Å². The summed E-state index contributed by atoms with van der Waals surface area (Å²) in [5, 5.41) is 10.0. The van der Waals surface area contributed by atoms with Crippen LogP contribution in [0.25, 0.3) is 0 Å². The molecule has 0 radical (unpaired) electrons. The lowest BCUT2D eigenvalue weighted by Crippen LogP contribution is -2.44. The molecular formula is C22H30F3N3O5. The van der Waals surface area contributed by atoms with Crippen molar-refractivity contribution in [2.75, 3.05) is 39.8 Å². The molecule has 0 aliphatic carbocycles. The van der Waals surface area contributed by atoms with Gasteiger partial charge in [0.05, 0.1) is 6.61 Å².